The highest BCUT2D eigenvalue weighted by Gasteiger charge is 2.15. The summed E-state index contributed by atoms with van der Waals surface area (Å²) in [5, 5.41) is 11.7. The first-order valence-electron chi connectivity index (χ1n) is 5.64. The largest absolute Gasteiger partial charge is 0.508 e. The number of amides is 1. The number of halogens is 3. The number of carbonyl (C=O) groups is 1. The van der Waals surface area contributed by atoms with Gasteiger partial charge in [0, 0.05) is 11.3 Å². The van der Waals surface area contributed by atoms with Crippen molar-refractivity contribution < 1.29 is 23.1 Å². The van der Waals surface area contributed by atoms with Gasteiger partial charge < -0.3 is 10.4 Å². The molecule has 104 valence electrons. The molecule has 0 radical (unpaired) electrons. The molecule has 0 spiro atoms. The standard InChI is InChI=1S/C14H10F3NO2/c1-7-4-9(19)2-3-12(7)18-14(20)8-5-10(15)13(17)11(16)6-8/h2-6,19H,1H3,(H,18,20). The monoisotopic (exact) mass is 281 g/mol. The summed E-state index contributed by atoms with van der Waals surface area (Å²) >= 11 is 0. The molecule has 2 rings (SSSR count). The van der Waals surface area contributed by atoms with Crippen LogP contribution in [0.1, 0.15) is 15.9 Å². The van der Waals surface area contributed by atoms with E-state index in [0.717, 1.165) is 0 Å². The number of aryl methyl sites for hydroxylation is 1. The zero-order valence-electron chi connectivity index (χ0n) is 10.4. The van der Waals surface area contributed by atoms with Gasteiger partial charge in [-0.05, 0) is 42.8 Å². The molecule has 20 heavy (non-hydrogen) atoms. The quantitative estimate of drug-likeness (QED) is 0.655. The summed E-state index contributed by atoms with van der Waals surface area (Å²) in [4.78, 5) is 11.8. The third kappa shape index (κ3) is 2.74. The second-order valence-electron chi connectivity index (χ2n) is 4.21. The molecule has 0 saturated heterocycles. The summed E-state index contributed by atoms with van der Waals surface area (Å²) < 4.78 is 38.9. The summed E-state index contributed by atoms with van der Waals surface area (Å²) in [6, 6.07) is 5.45. The van der Waals surface area contributed by atoms with E-state index in [1.807, 2.05) is 0 Å². The number of hydrogen-bond donors (Lipinski definition) is 2. The van der Waals surface area contributed by atoms with Crippen LogP contribution in [0.25, 0.3) is 0 Å². The molecule has 2 aromatic rings. The molecular formula is C14H10F3NO2. The Hall–Kier alpha value is -2.50. The molecule has 2 N–H and O–H groups in total. The van der Waals surface area contributed by atoms with E-state index in [1.54, 1.807) is 6.92 Å². The van der Waals surface area contributed by atoms with Gasteiger partial charge in [0.1, 0.15) is 5.75 Å². The zero-order valence-corrected chi connectivity index (χ0v) is 10.4. The fourth-order valence-corrected chi connectivity index (χ4v) is 1.67. The van der Waals surface area contributed by atoms with Crippen LogP contribution in [0.5, 0.6) is 5.75 Å². The topological polar surface area (TPSA) is 49.3 Å². The third-order valence-electron chi connectivity index (χ3n) is 2.70. The Morgan fingerprint density at radius 3 is 2.25 bits per heavy atom. The molecule has 0 fully saturated rings. The molecule has 0 atom stereocenters. The maximum absolute atomic E-state index is 13.0. The molecule has 3 nitrogen and oxygen atoms in total. The first kappa shape index (κ1) is 13.9. The van der Waals surface area contributed by atoms with E-state index in [1.165, 1.54) is 18.2 Å². The van der Waals surface area contributed by atoms with Crippen molar-refractivity contribution in [3.05, 3.63) is 58.9 Å². The number of carbonyl (C=O) groups excluding carboxylic acids is 1. The van der Waals surface area contributed by atoms with Gasteiger partial charge in [-0.1, -0.05) is 0 Å². The zero-order chi connectivity index (χ0) is 14.9. The molecule has 0 bridgehead atoms. The van der Waals surface area contributed by atoms with Crippen LogP contribution >= 0.6 is 0 Å². The predicted molar refractivity (Wildman–Crippen MR) is 67.1 cm³/mol. The fourth-order valence-electron chi connectivity index (χ4n) is 1.67. The fraction of sp³-hybridized carbons (Fsp3) is 0.0714. The van der Waals surface area contributed by atoms with Gasteiger partial charge in [0.05, 0.1) is 0 Å². The maximum atomic E-state index is 13.0. The minimum atomic E-state index is -1.62. The highest BCUT2D eigenvalue weighted by Crippen LogP contribution is 2.21. The molecule has 0 aliphatic heterocycles. The molecule has 0 unspecified atom stereocenters. The third-order valence-corrected chi connectivity index (χ3v) is 2.70. The summed E-state index contributed by atoms with van der Waals surface area (Å²) in [6.07, 6.45) is 0. The van der Waals surface area contributed by atoms with Crippen molar-refractivity contribution in [1.82, 2.24) is 0 Å². The van der Waals surface area contributed by atoms with Gasteiger partial charge in [-0.3, -0.25) is 4.79 Å². The lowest BCUT2D eigenvalue weighted by Crippen LogP contribution is -2.14. The number of anilines is 1. The lowest BCUT2D eigenvalue weighted by molar-refractivity contribution is 0.102. The Labute approximate surface area is 112 Å². The van der Waals surface area contributed by atoms with Crippen LogP contribution in [-0.4, -0.2) is 11.0 Å². The van der Waals surface area contributed by atoms with Gasteiger partial charge in [0.25, 0.3) is 5.91 Å². The second kappa shape index (κ2) is 5.24. The van der Waals surface area contributed by atoms with Crippen LogP contribution in [-0.2, 0) is 0 Å². The van der Waals surface area contributed by atoms with E-state index in [0.29, 0.717) is 23.4 Å². The van der Waals surface area contributed by atoms with Crippen LogP contribution in [0.4, 0.5) is 18.9 Å². The van der Waals surface area contributed by atoms with Gasteiger partial charge in [-0.2, -0.15) is 0 Å². The summed E-state index contributed by atoms with van der Waals surface area (Å²) in [5.74, 6) is -5.24. The van der Waals surface area contributed by atoms with Gasteiger partial charge in [0.15, 0.2) is 17.5 Å². The van der Waals surface area contributed by atoms with E-state index < -0.39 is 23.4 Å². The first-order valence-corrected chi connectivity index (χ1v) is 5.64. The Morgan fingerprint density at radius 2 is 1.70 bits per heavy atom. The number of hydrogen-bond acceptors (Lipinski definition) is 2. The Morgan fingerprint density at radius 1 is 1.10 bits per heavy atom. The number of rotatable bonds is 2. The van der Waals surface area contributed by atoms with Crippen LogP contribution in [0.15, 0.2) is 30.3 Å². The minimum Gasteiger partial charge on any atom is -0.508 e. The number of nitrogens with one attached hydrogen (secondary N) is 1. The van der Waals surface area contributed by atoms with Crippen LogP contribution in [0.2, 0.25) is 0 Å². The van der Waals surface area contributed by atoms with Crippen molar-refractivity contribution in [3.8, 4) is 5.75 Å². The van der Waals surface area contributed by atoms with Gasteiger partial charge >= 0.3 is 0 Å². The highest BCUT2D eigenvalue weighted by molar-refractivity contribution is 6.04. The number of benzene rings is 2. The highest BCUT2D eigenvalue weighted by atomic mass is 19.2. The number of phenols is 1. The van der Waals surface area contributed by atoms with Gasteiger partial charge in [-0.25, -0.2) is 13.2 Å². The average molecular weight is 281 g/mol. The Balaban J connectivity index is 2.28. The Kier molecular flexibility index (Phi) is 3.65. The lowest BCUT2D eigenvalue weighted by Gasteiger charge is -2.09. The minimum absolute atomic E-state index is 0.0272. The molecule has 0 aliphatic carbocycles. The van der Waals surface area contributed by atoms with E-state index >= 15 is 0 Å². The van der Waals surface area contributed by atoms with Gasteiger partial charge in [-0.15, -0.1) is 0 Å². The summed E-state index contributed by atoms with van der Waals surface area (Å²) in [6.45, 7) is 1.64. The number of phenolic OH excluding ortho intramolecular Hbond substituents is 1. The normalized spacial score (nSPS) is 10.4. The van der Waals surface area contributed by atoms with Crippen molar-refractivity contribution in [2.24, 2.45) is 0 Å². The summed E-state index contributed by atoms with van der Waals surface area (Å²) in [5.41, 5.74) is 0.605. The molecule has 6 heteroatoms. The first-order chi connectivity index (χ1) is 9.38. The van der Waals surface area contributed by atoms with Crippen molar-refractivity contribution in [3.63, 3.8) is 0 Å². The average Bonchev–Trinajstić information content (AvgIpc) is 2.38. The number of aromatic hydroxyl groups is 1. The molecule has 0 aromatic heterocycles. The maximum Gasteiger partial charge on any atom is 0.255 e. The molecule has 2 aromatic carbocycles. The van der Waals surface area contributed by atoms with Crippen LogP contribution < -0.4 is 5.32 Å². The van der Waals surface area contributed by atoms with Crippen LogP contribution in [0.3, 0.4) is 0 Å². The predicted octanol–water partition coefficient (Wildman–Crippen LogP) is 3.37. The van der Waals surface area contributed by atoms with Crippen LogP contribution in [0, 0.1) is 24.4 Å². The van der Waals surface area contributed by atoms with Gasteiger partial charge in [0.2, 0.25) is 0 Å². The van der Waals surface area contributed by atoms with E-state index in [9.17, 15) is 23.1 Å². The molecule has 0 saturated carbocycles. The van der Waals surface area contributed by atoms with Crippen molar-refractivity contribution in [2.45, 2.75) is 6.92 Å². The molecule has 0 heterocycles. The van der Waals surface area contributed by atoms with E-state index in [-0.39, 0.29) is 11.3 Å². The lowest BCUT2D eigenvalue weighted by atomic mass is 10.1. The second-order valence-corrected chi connectivity index (χ2v) is 4.21. The van der Waals surface area contributed by atoms with E-state index in [2.05, 4.69) is 5.32 Å². The van der Waals surface area contributed by atoms with E-state index in [4.69, 9.17) is 0 Å². The van der Waals surface area contributed by atoms with Crippen molar-refractivity contribution in [1.29, 1.82) is 0 Å². The summed E-state index contributed by atoms with van der Waals surface area (Å²) in [7, 11) is 0. The van der Waals surface area contributed by atoms with Crippen molar-refractivity contribution >= 4 is 11.6 Å². The molecular weight excluding hydrogens is 271 g/mol. The molecule has 1 amide bonds. The Bertz CT molecular complexity index is 663. The SMILES string of the molecule is Cc1cc(O)ccc1NC(=O)c1cc(F)c(F)c(F)c1. The van der Waals surface area contributed by atoms with Crippen molar-refractivity contribution in [2.75, 3.05) is 5.32 Å². The smallest absolute Gasteiger partial charge is 0.255 e. The molecule has 0 aliphatic rings.